The van der Waals surface area contributed by atoms with Gasteiger partial charge in [-0.05, 0) is 45.0 Å². The van der Waals surface area contributed by atoms with Crippen LogP contribution in [0.5, 0.6) is 0 Å². The van der Waals surface area contributed by atoms with E-state index in [2.05, 4.69) is 22.4 Å². The molecule has 7 heteroatoms. The fourth-order valence-electron chi connectivity index (χ4n) is 3.87. The molecule has 1 aromatic carbocycles. The van der Waals surface area contributed by atoms with E-state index in [1.165, 1.54) is 42.9 Å². The predicted octanol–water partition coefficient (Wildman–Crippen LogP) is 3.75. The minimum absolute atomic E-state index is 0.115. The minimum atomic E-state index is -0.734. The van der Waals surface area contributed by atoms with Crippen LogP contribution in [0.25, 0.3) is 11.3 Å². The van der Waals surface area contributed by atoms with Gasteiger partial charge in [0.1, 0.15) is 17.3 Å². The van der Waals surface area contributed by atoms with E-state index < -0.39 is 11.6 Å². The van der Waals surface area contributed by atoms with Crippen molar-refractivity contribution in [2.24, 2.45) is 7.05 Å². The molecule has 3 rings (SSSR count). The van der Waals surface area contributed by atoms with Crippen molar-refractivity contribution >= 4 is 5.91 Å². The van der Waals surface area contributed by atoms with Gasteiger partial charge in [0, 0.05) is 37.5 Å². The number of rotatable bonds is 7. The molecule has 1 saturated carbocycles. The lowest BCUT2D eigenvalue weighted by Gasteiger charge is -2.31. The number of carbonyl (C=O) groups is 1. The first-order valence-corrected chi connectivity index (χ1v) is 9.93. The molecule has 152 valence electrons. The first-order chi connectivity index (χ1) is 13.5. The van der Waals surface area contributed by atoms with E-state index in [0.717, 1.165) is 25.1 Å². The van der Waals surface area contributed by atoms with Crippen molar-refractivity contribution in [2.75, 3.05) is 20.1 Å². The number of nitrogens with zero attached hydrogens (tertiary/aromatic N) is 3. The maximum Gasteiger partial charge on any atom is 0.255 e. The van der Waals surface area contributed by atoms with Gasteiger partial charge in [-0.15, -0.1) is 0 Å². The molecule has 5 nitrogen and oxygen atoms in total. The topological polar surface area (TPSA) is 50.2 Å². The molecule has 0 saturated heterocycles. The quantitative estimate of drug-likeness (QED) is 0.733. The van der Waals surface area contributed by atoms with Gasteiger partial charge in [-0.3, -0.25) is 9.48 Å². The summed E-state index contributed by atoms with van der Waals surface area (Å²) >= 11 is 0. The lowest BCUT2D eigenvalue weighted by Crippen LogP contribution is -2.35. The smallest absolute Gasteiger partial charge is 0.255 e. The molecule has 1 aliphatic carbocycles. The van der Waals surface area contributed by atoms with E-state index >= 15 is 0 Å². The zero-order chi connectivity index (χ0) is 20.1. The monoisotopic (exact) mass is 390 g/mol. The Morgan fingerprint density at radius 1 is 1.29 bits per heavy atom. The molecule has 0 radical (unpaired) electrons. The second-order valence-corrected chi connectivity index (χ2v) is 7.57. The Labute approximate surface area is 164 Å². The molecular weight excluding hydrogens is 362 g/mol. The van der Waals surface area contributed by atoms with Gasteiger partial charge in [-0.1, -0.05) is 19.3 Å². The van der Waals surface area contributed by atoms with Crippen molar-refractivity contribution in [3.8, 4) is 11.3 Å². The molecule has 0 bridgehead atoms. The molecule has 0 unspecified atom stereocenters. The second-order valence-electron chi connectivity index (χ2n) is 7.57. The van der Waals surface area contributed by atoms with Crippen LogP contribution in [-0.4, -0.2) is 46.8 Å². The van der Waals surface area contributed by atoms with Crippen molar-refractivity contribution in [3.05, 3.63) is 41.6 Å². The van der Waals surface area contributed by atoms with Gasteiger partial charge < -0.3 is 10.2 Å². The molecule has 1 heterocycles. The lowest BCUT2D eigenvalue weighted by molar-refractivity contribution is 0.0951. The number of aromatic nitrogens is 2. The van der Waals surface area contributed by atoms with Crippen LogP contribution in [0, 0.1) is 11.6 Å². The number of hydrogen-bond donors (Lipinski definition) is 1. The summed E-state index contributed by atoms with van der Waals surface area (Å²) in [4.78, 5) is 15.0. The summed E-state index contributed by atoms with van der Waals surface area (Å²) in [5.74, 6) is -1.70. The van der Waals surface area contributed by atoms with E-state index in [1.807, 2.05) is 0 Å². The fourth-order valence-corrected chi connectivity index (χ4v) is 3.87. The van der Waals surface area contributed by atoms with Crippen molar-refractivity contribution in [1.82, 2.24) is 20.0 Å². The highest BCUT2D eigenvalue weighted by Crippen LogP contribution is 2.25. The second kappa shape index (κ2) is 9.28. The predicted molar refractivity (Wildman–Crippen MR) is 105 cm³/mol. The molecule has 1 amide bonds. The number of halogens is 2. The SMILES string of the molecule is CN(CCCNC(=O)c1cn(C)nc1-c1ccc(F)cc1F)C1CCCCC1. The first kappa shape index (κ1) is 20.5. The molecule has 28 heavy (non-hydrogen) atoms. The Kier molecular flexibility index (Phi) is 6.78. The van der Waals surface area contributed by atoms with Gasteiger partial charge in [0.25, 0.3) is 5.91 Å². The molecule has 1 N–H and O–H groups in total. The van der Waals surface area contributed by atoms with Crippen LogP contribution in [0.3, 0.4) is 0 Å². The number of amides is 1. The number of nitrogens with one attached hydrogen (secondary N) is 1. The number of aryl methyl sites for hydroxylation is 1. The molecule has 1 fully saturated rings. The Balaban J connectivity index is 1.57. The maximum absolute atomic E-state index is 14.1. The zero-order valence-electron chi connectivity index (χ0n) is 16.5. The van der Waals surface area contributed by atoms with Crippen LogP contribution < -0.4 is 5.32 Å². The fraction of sp³-hybridized carbons (Fsp3) is 0.524. The van der Waals surface area contributed by atoms with E-state index in [-0.39, 0.29) is 22.7 Å². The summed E-state index contributed by atoms with van der Waals surface area (Å²) < 4.78 is 28.8. The summed E-state index contributed by atoms with van der Waals surface area (Å²) in [7, 11) is 3.81. The van der Waals surface area contributed by atoms with Crippen LogP contribution in [0.1, 0.15) is 48.9 Å². The summed E-state index contributed by atoms with van der Waals surface area (Å²) in [5, 5.41) is 7.09. The van der Waals surface area contributed by atoms with Gasteiger partial charge in [-0.2, -0.15) is 5.10 Å². The van der Waals surface area contributed by atoms with Crippen molar-refractivity contribution in [1.29, 1.82) is 0 Å². The van der Waals surface area contributed by atoms with E-state index in [1.54, 1.807) is 13.2 Å². The number of hydrogen-bond acceptors (Lipinski definition) is 3. The number of carbonyl (C=O) groups excluding carboxylic acids is 1. The molecule has 1 aliphatic rings. The van der Waals surface area contributed by atoms with Crippen LogP contribution in [-0.2, 0) is 7.05 Å². The maximum atomic E-state index is 14.1. The van der Waals surface area contributed by atoms with Crippen LogP contribution >= 0.6 is 0 Å². The van der Waals surface area contributed by atoms with Gasteiger partial charge >= 0.3 is 0 Å². The molecule has 0 atom stereocenters. The Hall–Kier alpha value is -2.28. The Morgan fingerprint density at radius 3 is 2.75 bits per heavy atom. The van der Waals surface area contributed by atoms with Crippen LogP contribution in [0.15, 0.2) is 24.4 Å². The average molecular weight is 390 g/mol. The third-order valence-corrected chi connectivity index (χ3v) is 5.43. The molecule has 0 aliphatic heterocycles. The highest BCUT2D eigenvalue weighted by Gasteiger charge is 2.20. The standard InChI is InChI=1S/C21H28F2N4O/c1-26(16-7-4-3-5-8-16)12-6-11-24-21(28)18-14-27(2)25-20(18)17-10-9-15(22)13-19(17)23/h9-10,13-14,16H,3-8,11-12H2,1-2H3,(H,24,28). The van der Waals surface area contributed by atoms with E-state index in [0.29, 0.717) is 12.6 Å². The Morgan fingerprint density at radius 2 is 2.04 bits per heavy atom. The molecule has 2 aromatic rings. The summed E-state index contributed by atoms with van der Waals surface area (Å²) in [6, 6.07) is 3.92. The van der Waals surface area contributed by atoms with Crippen molar-refractivity contribution < 1.29 is 13.6 Å². The van der Waals surface area contributed by atoms with Gasteiger partial charge in [0.15, 0.2) is 0 Å². The minimum Gasteiger partial charge on any atom is -0.352 e. The van der Waals surface area contributed by atoms with Crippen molar-refractivity contribution in [2.45, 2.75) is 44.6 Å². The van der Waals surface area contributed by atoms with Gasteiger partial charge in [0.05, 0.1) is 5.56 Å². The molecule has 1 aromatic heterocycles. The lowest BCUT2D eigenvalue weighted by atomic mass is 9.94. The van der Waals surface area contributed by atoms with Crippen LogP contribution in [0.4, 0.5) is 8.78 Å². The third kappa shape index (κ3) is 4.95. The normalized spacial score (nSPS) is 15.2. The largest absolute Gasteiger partial charge is 0.352 e. The summed E-state index contributed by atoms with van der Waals surface area (Å²) in [6.45, 7) is 1.47. The zero-order valence-corrected chi connectivity index (χ0v) is 16.5. The molecular formula is C21H28F2N4O. The molecule has 0 spiro atoms. The first-order valence-electron chi connectivity index (χ1n) is 9.93. The van der Waals surface area contributed by atoms with E-state index in [4.69, 9.17) is 0 Å². The third-order valence-electron chi connectivity index (χ3n) is 5.43. The Bertz CT molecular complexity index is 815. The highest BCUT2D eigenvalue weighted by atomic mass is 19.1. The number of benzene rings is 1. The van der Waals surface area contributed by atoms with Gasteiger partial charge in [0.2, 0.25) is 0 Å². The highest BCUT2D eigenvalue weighted by molar-refractivity contribution is 5.99. The summed E-state index contributed by atoms with van der Waals surface area (Å²) in [5.41, 5.74) is 0.620. The van der Waals surface area contributed by atoms with Gasteiger partial charge in [-0.25, -0.2) is 8.78 Å². The average Bonchev–Trinajstić information content (AvgIpc) is 3.07. The summed E-state index contributed by atoms with van der Waals surface area (Å²) in [6.07, 6.45) is 8.85. The van der Waals surface area contributed by atoms with Crippen molar-refractivity contribution in [3.63, 3.8) is 0 Å². The van der Waals surface area contributed by atoms with E-state index in [9.17, 15) is 13.6 Å². The van der Waals surface area contributed by atoms with Crippen LogP contribution in [0.2, 0.25) is 0 Å².